The molecule has 3 heteroatoms. The monoisotopic (exact) mass is 195 g/mol. The molecule has 0 aromatic carbocycles. The molecule has 0 spiro atoms. The molecular weight excluding hydrogens is 178 g/mol. The summed E-state index contributed by atoms with van der Waals surface area (Å²) in [4.78, 5) is 23.5. The maximum absolute atomic E-state index is 11.8. The first-order valence-electron chi connectivity index (χ1n) is 5.12. The third-order valence-electron chi connectivity index (χ3n) is 3.01. The molecule has 78 valence electrons. The highest BCUT2D eigenvalue weighted by molar-refractivity contribution is 6.10. The van der Waals surface area contributed by atoms with Crippen molar-refractivity contribution in [1.82, 2.24) is 5.32 Å². The van der Waals surface area contributed by atoms with Gasteiger partial charge in [0.1, 0.15) is 5.41 Å². The van der Waals surface area contributed by atoms with Gasteiger partial charge in [0.05, 0.1) is 0 Å². The van der Waals surface area contributed by atoms with Crippen molar-refractivity contribution >= 4 is 11.7 Å². The first-order valence-corrected chi connectivity index (χ1v) is 5.12. The van der Waals surface area contributed by atoms with Crippen molar-refractivity contribution in [2.45, 2.75) is 32.6 Å². The molecule has 1 amide bonds. The molecule has 1 fully saturated rings. The Labute approximate surface area is 84.6 Å². The topological polar surface area (TPSA) is 46.2 Å². The highest BCUT2D eigenvalue weighted by atomic mass is 16.2. The summed E-state index contributed by atoms with van der Waals surface area (Å²) in [6.45, 7) is 6.03. The van der Waals surface area contributed by atoms with Gasteiger partial charge in [-0.05, 0) is 25.3 Å². The van der Waals surface area contributed by atoms with Gasteiger partial charge in [-0.15, -0.1) is 0 Å². The van der Waals surface area contributed by atoms with Crippen molar-refractivity contribution in [3.05, 3.63) is 12.7 Å². The summed E-state index contributed by atoms with van der Waals surface area (Å²) in [5.74, 6) is -0.262. The molecule has 1 heterocycles. The highest BCUT2D eigenvalue weighted by Crippen LogP contribution is 2.32. The summed E-state index contributed by atoms with van der Waals surface area (Å²) < 4.78 is 0. The molecule has 1 unspecified atom stereocenters. The van der Waals surface area contributed by atoms with E-state index < -0.39 is 5.41 Å². The molecule has 1 N–H and O–H groups in total. The molecule has 1 saturated heterocycles. The Balaban J connectivity index is 2.98. The normalized spacial score (nSPS) is 27.6. The van der Waals surface area contributed by atoms with Crippen LogP contribution < -0.4 is 5.32 Å². The average Bonchev–Trinajstić information content (AvgIpc) is 2.40. The quantitative estimate of drug-likeness (QED) is 0.547. The van der Waals surface area contributed by atoms with Gasteiger partial charge in [0.25, 0.3) is 0 Å². The smallest absolute Gasteiger partial charge is 0.234 e. The van der Waals surface area contributed by atoms with E-state index >= 15 is 0 Å². The molecule has 0 aliphatic carbocycles. The average molecular weight is 195 g/mol. The molecule has 3 nitrogen and oxygen atoms in total. The summed E-state index contributed by atoms with van der Waals surface area (Å²) in [6.07, 6.45) is 4.36. The van der Waals surface area contributed by atoms with Crippen LogP contribution in [0, 0.1) is 5.41 Å². The van der Waals surface area contributed by atoms with Crippen LogP contribution in [-0.2, 0) is 9.59 Å². The van der Waals surface area contributed by atoms with Gasteiger partial charge < -0.3 is 5.32 Å². The third kappa shape index (κ3) is 1.72. The van der Waals surface area contributed by atoms with E-state index in [0.29, 0.717) is 19.4 Å². The molecule has 1 aliphatic rings. The van der Waals surface area contributed by atoms with Gasteiger partial charge in [-0.1, -0.05) is 19.9 Å². The van der Waals surface area contributed by atoms with Gasteiger partial charge in [0.15, 0.2) is 5.78 Å². The Bertz CT molecular complexity index is 260. The first kappa shape index (κ1) is 11.0. The number of carbonyl (C=O) groups is 2. The van der Waals surface area contributed by atoms with Gasteiger partial charge in [0.2, 0.25) is 5.91 Å². The summed E-state index contributed by atoms with van der Waals surface area (Å²) >= 11 is 0. The third-order valence-corrected chi connectivity index (χ3v) is 3.01. The van der Waals surface area contributed by atoms with E-state index in [0.717, 1.165) is 12.8 Å². The van der Waals surface area contributed by atoms with Crippen LogP contribution in [0.4, 0.5) is 0 Å². The fourth-order valence-electron chi connectivity index (χ4n) is 1.98. The molecule has 0 saturated carbocycles. The minimum absolute atomic E-state index is 0.123. The fraction of sp³-hybridized carbons (Fsp3) is 0.636. The Morgan fingerprint density at radius 1 is 1.64 bits per heavy atom. The lowest BCUT2D eigenvalue weighted by molar-refractivity contribution is -0.139. The number of carbonyl (C=O) groups excluding carboxylic acids is 2. The largest absolute Gasteiger partial charge is 0.355 e. The fourth-order valence-corrected chi connectivity index (χ4v) is 1.98. The van der Waals surface area contributed by atoms with E-state index in [1.807, 2.05) is 6.92 Å². The van der Waals surface area contributed by atoms with Crippen LogP contribution in [0.2, 0.25) is 0 Å². The lowest BCUT2D eigenvalue weighted by atomic mass is 9.76. The zero-order chi connectivity index (χ0) is 10.6. The standard InChI is InChI=1S/C11H17NO2/c1-3-9(13)11(4-2)7-5-6-8-12-10(11)14/h3H,1,4-8H2,2H3,(H,12,14). The molecular formula is C11H17NO2. The predicted octanol–water partition coefficient (Wildman–Crippen LogP) is 1.44. The number of hydrogen-bond acceptors (Lipinski definition) is 2. The van der Waals surface area contributed by atoms with E-state index in [1.54, 1.807) is 0 Å². The van der Waals surface area contributed by atoms with Crippen LogP contribution in [0.15, 0.2) is 12.7 Å². The van der Waals surface area contributed by atoms with Crippen LogP contribution in [0.5, 0.6) is 0 Å². The maximum Gasteiger partial charge on any atom is 0.234 e. The van der Waals surface area contributed by atoms with Crippen LogP contribution in [0.1, 0.15) is 32.6 Å². The van der Waals surface area contributed by atoms with Crippen molar-refractivity contribution in [1.29, 1.82) is 0 Å². The SMILES string of the molecule is C=CC(=O)C1(CC)CCCCNC1=O. The molecule has 14 heavy (non-hydrogen) atoms. The number of amides is 1. The lowest BCUT2D eigenvalue weighted by Gasteiger charge is -2.26. The molecule has 1 atom stereocenters. The second-order valence-corrected chi connectivity index (χ2v) is 3.72. The lowest BCUT2D eigenvalue weighted by Crippen LogP contribution is -2.44. The zero-order valence-electron chi connectivity index (χ0n) is 8.64. The minimum atomic E-state index is -0.835. The van der Waals surface area contributed by atoms with Gasteiger partial charge in [-0.25, -0.2) is 0 Å². The molecule has 0 aromatic rings. The van der Waals surface area contributed by atoms with Crippen LogP contribution in [0.3, 0.4) is 0 Å². The summed E-state index contributed by atoms with van der Waals surface area (Å²) in [6, 6.07) is 0. The van der Waals surface area contributed by atoms with Gasteiger partial charge in [-0.3, -0.25) is 9.59 Å². The van der Waals surface area contributed by atoms with Gasteiger partial charge in [0, 0.05) is 6.54 Å². The van der Waals surface area contributed by atoms with Crippen molar-refractivity contribution in [2.24, 2.45) is 5.41 Å². The van der Waals surface area contributed by atoms with Gasteiger partial charge >= 0.3 is 0 Å². The zero-order valence-corrected chi connectivity index (χ0v) is 8.64. The Hall–Kier alpha value is -1.12. The summed E-state index contributed by atoms with van der Waals surface area (Å²) in [5.41, 5.74) is -0.835. The second-order valence-electron chi connectivity index (χ2n) is 3.72. The molecule has 0 radical (unpaired) electrons. The van der Waals surface area contributed by atoms with Crippen molar-refractivity contribution in [3.8, 4) is 0 Å². The number of allylic oxidation sites excluding steroid dienone is 1. The molecule has 0 bridgehead atoms. The molecule has 1 aliphatic heterocycles. The maximum atomic E-state index is 11.8. The van der Waals surface area contributed by atoms with Crippen LogP contribution >= 0.6 is 0 Å². The molecule has 0 aromatic heterocycles. The van der Waals surface area contributed by atoms with Crippen LogP contribution in [0.25, 0.3) is 0 Å². The van der Waals surface area contributed by atoms with E-state index in [1.165, 1.54) is 6.08 Å². The summed E-state index contributed by atoms with van der Waals surface area (Å²) in [5, 5.41) is 2.79. The van der Waals surface area contributed by atoms with Crippen molar-refractivity contribution in [3.63, 3.8) is 0 Å². The van der Waals surface area contributed by atoms with E-state index in [4.69, 9.17) is 0 Å². The van der Waals surface area contributed by atoms with Crippen LogP contribution in [-0.4, -0.2) is 18.2 Å². The Morgan fingerprint density at radius 2 is 2.36 bits per heavy atom. The Kier molecular flexibility index (Phi) is 3.44. The highest BCUT2D eigenvalue weighted by Gasteiger charge is 2.42. The predicted molar refractivity (Wildman–Crippen MR) is 54.8 cm³/mol. The van der Waals surface area contributed by atoms with E-state index in [9.17, 15) is 9.59 Å². The van der Waals surface area contributed by atoms with Crippen molar-refractivity contribution in [2.75, 3.05) is 6.54 Å². The van der Waals surface area contributed by atoms with E-state index in [2.05, 4.69) is 11.9 Å². The van der Waals surface area contributed by atoms with Crippen molar-refractivity contribution < 1.29 is 9.59 Å². The number of hydrogen-bond donors (Lipinski definition) is 1. The number of ketones is 1. The van der Waals surface area contributed by atoms with Gasteiger partial charge in [-0.2, -0.15) is 0 Å². The molecule has 1 rings (SSSR count). The Morgan fingerprint density at radius 3 is 2.93 bits per heavy atom. The number of nitrogens with one attached hydrogen (secondary N) is 1. The first-order chi connectivity index (χ1) is 6.67. The van der Waals surface area contributed by atoms with E-state index in [-0.39, 0.29) is 11.7 Å². The second kappa shape index (κ2) is 4.40. The summed E-state index contributed by atoms with van der Waals surface area (Å²) in [7, 11) is 0. The minimum Gasteiger partial charge on any atom is -0.355 e. The number of rotatable bonds is 3.